The summed E-state index contributed by atoms with van der Waals surface area (Å²) in [5.74, 6) is -1.02. The first kappa shape index (κ1) is 16.6. The summed E-state index contributed by atoms with van der Waals surface area (Å²) >= 11 is 0. The van der Waals surface area contributed by atoms with Crippen LogP contribution in [0.15, 0.2) is 48.5 Å². The highest BCUT2D eigenvalue weighted by molar-refractivity contribution is 5.83. The maximum absolute atomic E-state index is 13.2. The molecule has 24 heavy (non-hydrogen) atoms. The van der Waals surface area contributed by atoms with E-state index in [0.717, 1.165) is 5.56 Å². The standard InChI is InChI=1S/C19H19F2NO2/c1-19(24,13-5-7-14(20)8-6-13)11-22-18(23)17-10-16(17)12-3-2-4-15(21)9-12/h2-9,16-17,24H,10-11H2,1H3,(H,22,23)/t16-,17-,19+/m1/s1. The smallest absolute Gasteiger partial charge is 0.223 e. The van der Waals surface area contributed by atoms with Gasteiger partial charge < -0.3 is 10.4 Å². The molecule has 0 saturated heterocycles. The summed E-state index contributed by atoms with van der Waals surface area (Å²) in [7, 11) is 0. The third-order valence-electron chi connectivity index (χ3n) is 4.48. The van der Waals surface area contributed by atoms with Gasteiger partial charge >= 0.3 is 0 Å². The molecule has 0 spiro atoms. The number of nitrogens with one attached hydrogen (secondary N) is 1. The number of hydrogen-bond acceptors (Lipinski definition) is 2. The van der Waals surface area contributed by atoms with E-state index in [1.807, 2.05) is 6.07 Å². The highest BCUT2D eigenvalue weighted by Gasteiger charge is 2.44. The lowest BCUT2D eigenvalue weighted by Gasteiger charge is -2.24. The second-order valence-electron chi connectivity index (χ2n) is 6.50. The summed E-state index contributed by atoms with van der Waals surface area (Å²) in [6.45, 7) is 1.60. The number of amides is 1. The second kappa shape index (κ2) is 6.32. The van der Waals surface area contributed by atoms with Crippen LogP contribution in [0.2, 0.25) is 0 Å². The summed E-state index contributed by atoms with van der Waals surface area (Å²) in [5, 5.41) is 13.2. The van der Waals surface area contributed by atoms with Gasteiger partial charge in [0.2, 0.25) is 5.91 Å². The van der Waals surface area contributed by atoms with Crippen LogP contribution in [0.25, 0.3) is 0 Å². The van der Waals surface area contributed by atoms with E-state index < -0.39 is 5.60 Å². The van der Waals surface area contributed by atoms with Gasteiger partial charge in [-0.3, -0.25) is 4.79 Å². The Morgan fingerprint density at radius 1 is 1.21 bits per heavy atom. The minimum Gasteiger partial charge on any atom is -0.384 e. The molecule has 5 heteroatoms. The van der Waals surface area contributed by atoms with Gasteiger partial charge in [-0.15, -0.1) is 0 Å². The summed E-state index contributed by atoms with van der Waals surface area (Å²) in [5.41, 5.74) is 0.0641. The molecule has 1 aliphatic carbocycles. The van der Waals surface area contributed by atoms with Crippen LogP contribution in [-0.4, -0.2) is 17.6 Å². The zero-order valence-corrected chi connectivity index (χ0v) is 13.3. The molecule has 0 aliphatic heterocycles. The van der Waals surface area contributed by atoms with E-state index in [1.165, 1.54) is 36.4 Å². The van der Waals surface area contributed by atoms with Crippen molar-refractivity contribution in [3.8, 4) is 0 Å². The number of aliphatic hydroxyl groups is 1. The van der Waals surface area contributed by atoms with E-state index in [2.05, 4.69) is 5.32 Å². The molecule has 126 valence electrons. The van der Waals surface area contributed by atoms with Gasteiger partial charge in [0.25, 0.3) is 0 Å². The van der Waals surface area contributed by atoms with Crippen LogP contribution < -0.4 is 5.32 Å². The Kier molecular flexibility index (Phi) is 4.37. The average molecular weight is 331 g/mol. The van der Waals surface area contributed by atoms with Crippen molar-refractivity contribution < 1.29 is 18.7 Å². The van der Waals surface area contributed by atoms with Gasteiger partial charge in [0.05, 0.1) is 6.54 Å². The van der Waals surface area contributed by atoms with E-state index in [9.17, 15) is 18.7 Å². The van der Waals surface area contributed by atoms with Crippen LogP contribution in [0.5, 0.6) is 0 Å². The molecule has 2 aromatic carbocycles. The quantitative estimate of drug-likeness (QED) is 0.884. The average Bonchev–Trinajstić information content (AvgIpc) is 3.34. The SMILES string of the molecule is C[C@](O)(CNC(=O)[C@@H]1C[C@@H]1c1cccc(F)c1)c1ccc(F)cc1. The zero-order chi connectivity index (χ0) is 17.3. The molecular formula is C19H19F2NO2. The highest BCUT2D eigenvalue weighted by Crippen LogP contribution is 2.47. The zero-order valence-electron chi connectivity index (χ0n) is 13.3. The Labute approximate surface area is 139 Å². The lowest BCUT2D eigenvalue weighted by Crippen LogP contribution is -2.39. The fourth-order valence-electron chi connectivity index (χ4n) is 2.89. The van der Waals surface area contributed by atoms with E-state index in [4.69, 9.17) is 0 Å². The normalized spacial score (nSPS) is 21.8. The predicted octanol–water partition coefficient (Wildman–Crippen LogP) is 3.09. The van der Waals surface area contributed by atoms with Crippen LogP contribution in [0.4, 0.5) is 8.78 Å². The van der Waals surface area contributed by atoms with Gasteiger partial charge in [0.1, 0.15) is 17.2 Å². The predicted molar refractivity (Wildman–Crippen MR) is 86.2 cm³/mol. The van der Waals surface area contributed by atoms with Crippen molar-refractivity contribution in [3.63, 3.8) is 0 Å². The lowest BCUT2D eigenvalue weighted by molar-refractivity contribution is -0.123. The molecule has 1 fully saturated rings. The number of rotatable bonds is 5. The molecule has 1 amide bonds. The van der Waals surface area contributed by atoms with Gasteiger partial charge in [0.15, 0.2) is 0 Å². The minimum atomic E-state index is -1.29. The number of halogens is 2. The fourth-order valence-corrected chi connectivity index (χ4v) is 2.89. The number of benzene rings is 2. The van der Waals surface area contributed by atoms with Crippen LogP contribution >= 0.6 is 0 Å². The topological polar surface area (TPSA) is 49.3 Å². The van der Waals surface area contributed by atoms with Gasteiger partial charge in [-0.05, 0) is 54.7 Å². The van der Waals surface area contributed by atoms with E-state index in [1.54, 1.807) is 13.0 Å². The molecule has 3 rings (SSSR count). The molecule has 3 nitrogen and oxygen atoms in total. The molecule has 3 atom stereocenters. The number of carbonyl (C=O) groups is 1. The number of carbonyl (C=O) groups excluding carboxylic acids is 1. The maximum atomic E-state index is 13.2. The summed E-state index contributed by atoms with van der Waals surface area (Å²) < 4.78 is 26.2. The van der Waals surface area contributed by atoms with Crippen molar-refractivity contribution in [2.45, 2.75) is 24.9 Å². The first-order valence-electron chi connectivity index (χ1n) is 7.88. The molecule has 2 aromatic rings. The molecular weight excluding hydrogens is 312 g/mol. The van der Waals surface area contributed by atoms with Gasteiger partial charge in [-0.2, -0.15) is 0 Å². The maximum Gasteiger partial charge on any atom is 0.223 e. The molecule has 0 radical (unpaired) electrons. The molecule has 0 unspecified atom stereocenters. The Morgan fingerprint density at radius 3 is 2.58 bits per heavy atom. The van der Waals surface area contributed by atoms with Gasteiger partial charge in [0, 0.05) is 5.92 Å². The first-order valence-corrected chi connectivity index (χ1v) is 7.88. The minimum absolute atomic E-state index is 0.0245. The van der Waals surface area contributed by atoms with Gasteiger partial charge in [-0.1, -0.05) is 24.3 Å². The summed E-state index contributed by atoms with van der Waals surface area (Å²) in [6.07, 6.45) is 0.675. The number of hydrogen-bond donors (Lipinski definition) is 2. The van der Waals surface area contributed by atoms with Crippen molar-refractivity contribution in [1.82, 2.24) is 5.32 Å². The molecule has 2 N–H and O–H groups in total. The van der Waals surface area contributed by atoms with Crippen LogP contribution in [0.1, 0.15) is 30.4 Å². The molecule has 0 bridgehead atoms. The first-order chi connectivity index (χ1) is 11.4. The summed E-state index contributed by atoms with van der Waals surface area (Å²) in [4.78, 5) is 12.2. The molecule has 0 heterocycles. The molecule has 1 aliphatic rings. The molecule has 0 aromatic heterocycles. The van der Waals surface area contributed by atoms with Crippen LogP contribution in [0.3, 0.4) is 0 Å². The van der Waals surface area contributed by atoms with E-state index >= 15 is 0 Å². The lowest BCUT2D eigenvalue weighted by atomic mass is 9.96. The monoisotopic (exact) mass is 331 g/mol. The highest BCUT2D eigenvalue weighted by atomic mass is 19.1. The summed E-state index contributed by atoms with van der Waals surface area (Å²) in [6, 6.07) is 11.8. The Morgan fingerprint density at radius 2 is 1.92 bits per heavy atom. The van der Waals surface area contributed by atoms with Crippen molar-refractivity contribution in [3.05, 3.63) is 71.3 Å². The Balaban J connectivity index is 1.57. The van der Waals surface area contributed by atoms with Crippen LogP contribution in [-0.2, 0) is 10.4 Å². The van der Waals surface area contributed by atoms with Crippen LogP contribution in [0, 0.1) is 17.6 Å². The second-order valence-corrected chi connectivity index (χ2v) is 6.50. The Bertz CT molecular complexity index is 743. The fraction of sp³-hybridized carbons (Fsp3) is 0.316. The molecule has 1 saturated carbocycles. The van der Waals surface area contributed by atoms with E-state index in [0.29, 0.717) is 12.0 Å². The third-order valence-corrected chi connectivity index (χ3v) is 4.48. The Hall–Kier alpha value is -2.27. The van der Waals surface area contributed by atoms with E-state index in [-0.39, 0.29) is 35.9 Å². The largest absolute Gasteiger partial charge is 0.384 e. The van der Waals surface area contributed by atoms with Crippen molar-refractivity contribution in [2.24, 2.45) is 5.92 Å². The van der Waals surface area contributed by atoms with Crippen molar-refractivity contribution in [2.75, 3.05) is 6.54 Å². The van der Waals surface area contributed by atoms with Crippen molar-refractivity contribution in [1.29, 1.82) is 0 Å². The van der Waals surface area contributed by atoms with Crippen molar-refractivity contribution >= 4 is 5.91 Å². The van der Waals surface area contributed by atoms with Gasteiger partial charge in [-0.25, -0.2) is 8.78 Å². The third kappa shape index (κ3) is 3.62.